The fourth-order valence-corrected chi connectivity index (χ4v) is 5.91. The molecule has 1 aliphatic carbocycles. The molecule has 168 valence electrons. The summed E-state index contributed by atoms with van der Waals surface area (Å²) in [6, 6.07) is 0. The van der Waals surface area contributed by atoms with E-state index in [0.717, 1.165) is 28.3 Å². The molecule has 3 heterocycles. The van der Waals surface area contributed by atoms with Gasteiger partial charge in [0.05, 0.1) is 35.0 Å². The number of alkyl halides is 3. The van der Waals surface area contributed by atoms with Crippen molar-refractivity contribution in [2.45, 2.75) is 44.2 Å². The summed E-state index contributed by atoms with van der Waals surface area (Å²) in [4.78, 5) is 36.9. The normalized spacial score (nSPS) is 24.0. The third kappa shape index (κ3) is 5.08. The van der Waals surface area contributed by atoms with Crippen molar-refractivity contribution >= 4 is 34.5 Å². The Morgan fingerprint density at radius 3 is 2.81 bits per heavy atom. The number of nitrogens with zero attached hydrogens (tertiary/aromatic N) is 3. The molecule has 4 rings (SSSR count). The number of carbonyl (C=O) groups excluding carboxylic acids is 2. The van der Waals surface area contributed by atoms with Crippen LogP contribution in [0.15, 0.2) is 17.2 Å². The van der Waals surface area contributed by atoms with E-state index in [1.54, 1.807) is 17.2 Å². The average molecular weight is 473 g/mol. The number of piperidine rings is 1. The number of rotatable bonds is 5. The van der Waals surface area contributed by atoms with Crippen molar-refractivity contribution in [2.75, 3.05) is 19.6 Å². The van der Waals surface area contributed by atoms with Gasteiger partial charge in [0.25, 0.3) is 0 Å². The standard InChI is InChI=1S/C20H23F3N4O2S2/c21-20(22,23)15-4-5-27(17(28)6-13-8-24-10-30-13)9-12(15)7-25-19(29)14-2-1-3-16-18(14)26-11-31-16/h8,10-12,14-15H,1-7,9H2,(H,25,29). The molecule has 2 aliphatic rings. The second-order valence-electron chi connectivity index (χ2n) is 8.03. The van der Waals surface area contributed by atoms with E-state index >= 15 is 0 Å². The third-order valence-electron chi connectivity index (χ3n) is 6.07. The minimum Gasteiger partial charge on any atom is -0.355 e. The van der Waals surface area contributed by atoms with Crippen LogP contribution in [-0.4, -0.2) is 52.5 Å². The van der Waals surface area contributed by atoms with Crippen molar-refractivity contribution in [2.24, 2.45) is 11.8 Å². The lowest BCUT2D eigenvalue weighted by atomic mass is 9.84. The predicted octanol–water partition coefficient (Wildman–Crippen LogP) is 3.41. The number of hydrogen-bond acceptors (Lipinski definition) is 6. The molecule has 0 spiro atoms. The van der Waals surface area contributed by atoms with Crippen LogP contribution < -0.4 is 5.32 Å². The quantitative estimate of drug-likeness (QED) is 0.724. The molecule has 0 saturated carbocycles. The first-order valence-electron chi connectivity index (χ1n) is 10.2. The van der Waals surface area contributed by atoms with E-state index in [-0.39, 0.29) is 44.3 Å². The molecular weight excluding hydrogens is 449 g/mol. The largest absolute Gasteiger partial charge is 0.392 e. The number of nitrogens with one attached hydrogen (secondary N) is 1. The van der Waals surface area contributed by atoms with Crippen molar-refractivity contribution in [3.63, 3.8) is 0 Å². The number of carbonyl (C=O) groups is 2. The lowest BCUT2D eigenvalue weighted by molar-refractivity contribution is -0.201. The van der Waals surface area contributed by atoms with E-state index in [9.17, 15) is 22.8 Å². The number of hydrogen-bond donors (Lipinski definition) is 1. The summed E-state index contributed by atoms with van der Waals surface area (Å²) in [6.45, 7) is -0.0604. The Morgan fingerprint density at radius 1 is 1.23 bits per heavy atom. The van der Waals surface area contributed by atoms with Gasteiger partial charge in [0.2, 0.25) is 11.8 Å². The van der Waals surface area contributed by atoms with Crippen LogP contribution in [0.4, 0.5) is 13.2 Å². The number of aryl methyl sites for hydroxylation is 1. The number of halogens is 3. The highest BCUT2D eigenvalue weighted by Gasteiger charge is 2.47. The van der Waals surface area contributed by atoms with Crippen LogP contribution in [0.25, 0.3) is 0 Å². The van der Waals surface area contributed by atoms with Crippen LogP contribution in [0.3, 0.4) is 0 Å². The van der Waals surface area contributed by atoms with Gasteiger partial charge in [0.15, 0.2) is 0 Å². The van der Waals surface area contributed by atoms with Gasteiger partial charge in [0, 0.05) is 41.5 Å². The SMILES string of the molecule is O=C(NCC1CN(C(=O)Cc2cncs2)CCC1C(F)(F)F)C1CCCc2scnc21. The smallest absolute Gasteiger partial charge is 0.355 e. The van der Waals surface area contributed by atoms with Gasteiger partial charge in [-0.05, 0) is 25.7 Å². The van der Waals surface area contributed by atoms with E-state index in [2.05, 4.69) is 15.3 Å². The van der Waals surface area contributed by atoms with Crippen molar-refractivity contribution in [3.05, 3.63) is 32.7 Å². The number of aromatic nitrogens is 2. The summed E-state index contributed by atoms with van der Waals surface area (Å²) in [7, 11) is 0. The highest BCUT2D eigenvalue weighted by molar-refractivity contribution is 7.10. The molecular formula is C20H23F3N4O2S2. The maximum absolute atomic E-state index is 13.6. The molecule has 0 aromatic carbocycles. The van der Waals surface area contributed by atoms with Gasteiger partial charge in [-0.15, -0.1) is 22.7 Å². The van der Waals surface area contributed by atoms with Crippen LogP contribution >= 0.6 is 22.7 Å². The molecule has 3 unspecified atom stereocenters. The summed E-state index contributed by atoms with van der Waals surface area (Å²) >= 11 is 2.86. The molecule has 2 aromatic heterocycles. The molecule has 3 atom stereocenters. The zero-order chi connectivity index (χ0) is 22.0. The zero-order valence-electron chi connectivity index (χ0n) is 16.7. The highest BCUT2D eigenvalue weighted by atomic mass is 32.1. The molecule has 0 bridgehead atoms. The van der Waals surface area contributed by atoms with Crippen LogP contribution in [0.5, 0.6) is 0 Å². The third-order valence-corrected chi connectivity index (χ3v) is 7.76. The van der Waals surface area contributed by atoms with Crippen molar-refractivity contribution < 1.29 is 22.8 Å². The number of thiazole rings is 2. The lowest BCUT2D eigenvalue weighted by Crippen LogP contribution is -2.52. The van der Waals surface area contributed by atoms with Gasteiger partial charge in [-0.3, -0.25) is 14.6 Å². The van der Waals surface area contributed by atoms with Crippen molar-refractivity contribution in [3.8, 4) is 0 Å². The Labute approximate surface area is 185 Å². The summed E-state index contributed by atoms with van der Waals surface area (Å²) < 4.78 is 40.9. The molecule has 31 heavy (non-hydrogen) atoms. The Morgan fingerprint density at radius 2 is 2.06 bits per heavy atom. The Bertz CT molecular complexity index is 916. The van der Waals surface area contributed by atoms with Gasteiger partial charge in [-0.25, -0.2) is 4.98 Å². The average Bonchev–Trinajstić information content (AvgIpc) is 3.42. The number of likely N-dealkylation sites (tertiary alicyclic amines) is 1. The second-order valence-corrected chi connectivity index (χ2v) is 9.94. The van der Waals surface area contributed by atoms with Gasteiger partial charge < -0.3 is 10.2 Å². The van der Waals surface area contributed by atoms with Crippen LogP contribution in [0, 0.1) is 11.8 Å². The topological polar surface area (TPSA) is 75.2 Å². The first kappa shape index (κ1) is 22.2. The van der Waals surface area contributed by atoms with E-state index in [1.165, 1.54) is 27.6 Å². The van der Waals surface area contributed by atoms with E-state index in [1.807, 2.05) is 0 Å². The van der Waals surface area contributed by atoms with Crippen LogP contribution in [0.1, 0.15) is 40.6 Å². The summed E-state index contributed by atoms with van der Waals surface area (Å²) in [5.74, 6) is -3.31. The highest BCUT2D eigenvalue weighted by Crippen LogP contribution is 2.38. The molecule has 6 nitrogen and oxygen atoms in total. The molecule has 1 fully saturated rings. The molecule has 2 aromatic rings. The molecule has 2 amide bonds. The van der Waals surface area contributed by atoms with E-state index < -0.39 is 23.9 Å². The summed E-state index contributed by atoms with van der Waals surface area (Å²) in [5.41, 5.74) is 4.09. The monoisotopic (exact) mass is 472 g/mol. The van der Waals surface area contributed by atoms with E-state index in [0.29, 0.717) is 6.42 Å². The Kier molecular flexibility index (Phi) is 6.61. The minimum absolute atomic E-state index is 0.0191. The molecule has 1 N–H and O–H groups in total. The van der Waals surface area contributed by atoms with Crippen LogP contribution in [0.2, 0.25) is 0 Å². The first-order chi connectivity index (χ1) is 14.8. The maximum atomic E-state index is 13.6. The van der Waals surface area contributed by atoms with E-state index in [4.69, 9.17) is 0 Å². The van der Waals surface area contributed by atoms with Crippen molar-refractivity contribution in [1.29, 1.82) is 0 Å². The molecule has 1 saturated heterocycles. The van der Waals surface area contributed by atoms with Gasteiger partial charge in [0.1, 0.15) is 0 Å². The fraction of sp³-hybridized carbons (Fsp3) is 0.600. The lowest BCUT2D eigenvalue weighted by Gasteiger charge is -2.39. The molecule has 1 aliphatic heterocycles. The Balaban J connectivity index is 1.41. The Hall–Kier alpha value is -2.01. The van der Waals surface area contributed by atoms with Gasteiger partial charge in [-0.1, -0.05) is 0 Å². The summed E-state index contributed by atoms with van der Waals surface area (Å²) in [6.07, 6.45) is -0.390. The minimum atomic E-state index is -4.37. The second kappa shape index (κ2) is 9.23. The van der Waals surface area contributed by atoms with Gasteiger partial charge in [-0.2, -0.15) is 13.2 Å². The number of fused-ring (bicyclic) bond motifs is 1. The van der Waals surface area contributed by atoms with Crippen molar-refractivity contribution in [1.82, 2.24) is 20.2 Å². The van der Waals surface area contributed by atoms with Gasteiger partial charge >= 0.3 is 6.18 Å². The zero-order valence-corrected chi connectivity index (χ0v) is 18.4. The fourth-order valence-electron chi connectivity index (χ4n) is 4.45. The maximum Gasteiger partial charge on any atom is 0.392 e. The molecule has 11 heteroatoms. The predicted molar refractivity (Wildman–Crippen MR) is 111 cm³/mol. The summed E-state index contributed by atoms with van der Waals surface area (Å²) in [5, 5.41) is 2.74. The van der Waals surface area contributed by atoms with Crippen LogP contribution in [-0.2, 0) is 22.4 Å². The number of amides is 2. The first-order valence-corrected chi connectivity index (χ1v) is 12.0. The molecule has 0 radical (unpaired) electrons.